The van der Waals surface area contributed by atoms with E-state index in [0.29, 0.717) is 29.0 Å². The fourth-order valence-electron chi connectivity index (χ4n) is 2.93. The minimum absolute atomic E-state index is 0.0102. The van der Waals surface area contributed by atoms with Crippen LogP contribution in [-0.4, -0.2) is 17.8 Å². The van der Waals surface area contributed by atoms with E-state index in [2.05, 4.69) is 4.99 Å². The minimum Gasteiger partial charge on any atom is -0.423 e. The molecule has 0 radical (unpaired) electrons. The molecule has 0 aliphatic heterocycles. The summed E-state index contributed by atoms with van der Waals surface area (Å²) in [4.78, 5) is 16.6. The number of carbonyl (C=O) groups excluding carboxylic acids is 1. The number of nitrogens with one attached hydrogen (secondary N) is 1. The number of nitrogen functional groups attached to an aromatic ring is 1. The predicted molar refractivity (Wildman–Crippen MR) is 121 cm³/mol. The van der Waals surface area contributed by atoms with E-state index in [1.165, 1.54) is 0 Å². The number of hydrogen-bond donors (Lipinski definition) is 4. The molecule has 0 atom stereocenters. The molecule has 0 aliphatic carbocycles. The van der Waals surface area contributed by atoms with E-state index in [-0.39, 0.29) is 11.8 Å². The molecule has 152 valence electrons. The average molecular weight is 401 g/mol. The SMILES string of the molecule is CC/C(=C\c1ccc(N=C(N)N)cc1)C(=O)Oc1ccc2cc(C(=N)N)ccc2c1. The third-order valence-corrected chi connectivity index (χ3v) is 4.47. The summed E-state index contributed by atoms with van der Waals surface area (Å²) < 4.78 is 5.57. The second-order valence-electron chi connectivity index (χ2n) is 6.68. The van der Waals surface area contributed by atoms with Crippen molar-refractivity contribution in [2.45, 2.75) is 13.3 Å². The number of fused-ring (bicyclic) bond motifs is 1. The van der Waals surface area contributed by atoms with E-state index >= 15 is 0 Å². The number of benzene rings is 3. The molecule has 7 heteroatoms. The van der Waals surface area contributed by atoms with Crippen LogP contribution in [0.1, 0.15) is 24.5 Å². The van der Waals surface area contributed by atoms with Crippen LogP contribution < -0.4 is 21.9 Å². The van der Waals surface area contributed by atoms with Crippen LogP contribution in [0.5, 0.6) is 5.75 Å². The van der Waals surface area contributed by atoms with Gasteiger partial charge in [0.15, 0.2) is 5.96 Å². The molecule has 0 amide bonds. The standard InChI is InChI=1S/C23H23N5O2/c1-2-15(11-14-3-8-19(9-4-14)28-23(26)27)22(29)30-20-10-7-16-12-18(21(24)25)6-5-17(16)13-20/h3-13H,2H2,1H3,(H3,24,25)(H4,26,27,28)/b15-11+. The summed E-state index contributed by atoms with van der Waals surface area (Å²) in [6.45, 7) is 1.89. The van der Waals surface area contributed by atoms with Crippen molar-refractivity contribution in [3.8, 4) is 5.75 Å². The summed E-state index contributed by atoms with van der Waals surface area (Å²) >= 11 is 0. The fourth-order valence-corrected chi connectivity index (χ4v) is 2.93. The highest BCUT2D eigenvalue weighted by Gasteiger charge is 2.11. The van der Waals surface area contributed by atoms with Gasteiger partial charge in [0.2, 0.25) is 0 Å². The van der Waals surface area contributed by atoms with Crippen molar-refractivity contribution in [1.29, 1.82) is 5.41 Å². The molecule has 0 aliphatic rings. The number of nitrogens with zero attached hydrogens (tertiary/aromatic N) is 1. The van der Waals surface area contributed by atoms with Gasteiger partial charge < -0.3 is 21.9 Å². The molecule has 0 fully saturated rings. The van der Waals surface area contributed by atoms with Gasteiger partial charge in [-0.15, -0.1) is 0 Å². The van der Waals surface area contributed by atoms with Crippen LogP contribution in [0.2, 0.25) is 0 Å². The van der Waals surface area contributed by atoms with Crippen LogP contribution in [0, 0.1) is 5.41 Å². The highest BCUT2D eigenvalue weighted by atomic mass is 16.5. The molecule has 0 aromatic heterocycles. The van der Waals surface area contributed by atoms with Crippen LogP contribution >= 0.6 is 0 Å². The van der Waals surface area contributed by atoms with E-state index in [9.17, 15) is 4.79 Å². The molecule has 0 bridgehead atoms. The number of nitrogens with two attached hydrogens (primary N) is 3. The summed E-state index contributed by atoms with van der Waals surface area (Å²) in [6, 6.07) is 18.0. The molecule has 7 nitrogen and oxygen atoms in total. The van der Waals surface area contributed by atoms with E-state index in [1.807, 2.05) is 37.3 Å². The zero-order chi connectivity index (χ0) is 21.7. The highest BCUT2D eigenvalue weighted by Crippen LogP contribution is 2.24. The molecule has 7 N–H and O–H groups in total. The lowest BCUT2D eigenvalue weighted by Gasteiger charge is -2.09. The first-order chi connectivity index (χ1) is 14.4. The van der Waals surface area contributed by atoms with Crippen LogP contribution in [0.25, 0.3) is 16.8 Å². The predicted octanol–water partition coefficient (Wildman–Crippen LogP) is 3.43. The summed E-state index contributed by atoms with van der Waals surface area (Å²) in [5, 5.41) is 9.34. The van der Waals surface area contributed by atoms with Crippen molar-refractivity contribution in [1.82, 2.24) is 0 Å². The topological polar surface area (TPSA) is 141 Å². The summed E-state index contributed by atoms with van der Waals surface area (Å²) in [5.74, 6) is 0.0384. The van der Waals surface area contributed by atoms with Crippen molar-refractivity contribution in [2.24, 2.45) is 22.2 Å². The normalized spacial score (nSPS) is 11.2. The molecule has 3 aromatic rings. The summed E-state index contributed by atoms with van der Waals surface area (Å²) in [6.07, 6.45) is 2.30. The van der Waals surface area contributed by atoms with Gasteiger partial charge in [0.1, 0.15) is 11.6 Å². The van der Waals surface area contributed by atoms with Crippen LogP contribution in [0.15, 0.2) is 71.2 Å². The monoisotopic (exact) mass is 401 g/mol. The second kappa shape index (κ2) is 8.91. The third-order valence-electron chi connectivity index (χ3n) is 4.47. The lowest BCUT2D eigenvalue weighted by molar-refractivity contribution is -0.130. The van der Waals surface area contributed by atoms with E-state index in [1.54, 1.807) is 36.4 Å². The molecule has 3 rings (SSSR count). The van der Waals surface area contributed by atoms with Crippen molar-refractivity contribution in [2.75, 3.05) is 0 Å². The maximum Gasteiger partial charge on any atom is 0.339 e. The number of esters is 1. The summed E-state index contributed by atoms with van der Waals surface area (Å²) in [5.41, 5.74) is 18.9. The lowest BCUT2D eigenvalue weighted by Crippen LogP contribution is -2.21. The van der Waals surface area contributed by atoms with Crippen molar-refractivity contribution in [3.63, 3.8) is 0 Å². The number of aliphatic imine (C=N–C) groups is 1. The average Bonchev–Trinajstić information content (AvgIpc) is 2.72. The Kier molecular flexibility index (Phi) is 6.12. The largest absolute Gasteiger partial charge is 0.423 e. The zero-order valence-corrected chi connectivity index (χ0v) is 16.6. The van der Waals surface area contributed by atoms with Gasteiger partial charge in [0, 0.05) is 11.1 Å². The molecule has 0 saturated carbocycles. The minimum atomic E-state index is -0.412. The van der Waals surface area contributed by atoms with Gasteiger partial charge in [-0.3, -0.25) is 5.41 Å². The number of rotatable bonds is 6. The Labute approximate surface area is 174 Å². The first-order valence-corrected chi connectivity index (χ1v) is 9.36. The Morgan fingerprint density at radius 3 is 2.30 bits per heavy atom. The van der Waals surface area contributed by atoms with Gasteiger partial charge in [-0.2, -0.15) is 0 Å². The molecule has 0 saturated heterocycles. The molecular weight excluding hydrogens is 378 g/mol. The maximum absolute atomic E-state index is 12.6. The number of ether oxygens (including phenoxy) is 1. The first-order valence-electron chi connectivity index (χ1n) is 9.36. The molecule has 30 heavy (non-hydrogen) atoms. The molecule has 3 aromatic carbocycles. The maximum atomic E-state index is 12.6. The molecule has 0 unspecified atom stereocenters. The van der Waals surface area contributed by atoms with Crippen LogP contribution in [0.3, 0.4) is 0 Å². The first kappa shape index (κ1) is 20.6. The van der Waals surface area contributed by atoms with E-state index < -0.39 is 5.97 Å². The molecular formula is C23H23N5O2. The van der Waals surface area contributed by atoms with Crippen molar-refractivity contribution in [3.05, 3.63) is 77.4 Å². The van der Waals surface area contributed by atoms with Crippen molar-refractivity contribution < 1.29 is 9.53 Å². The van der Waals surface area contributed by atoms with Gasteiger partial charge in [-0.05, 0) is 59.2 Å². The smallest absolute Gasteiger partial charge is 0.339 e. The number of carbonyl (C=O) groups is 1. The Hall–Kier alpha value is -4.13. The van der Waals surface area contributed by atoms with Gasteiger partial charge in [0.25, 0.3) is 0 Å². The number of hydrogen-bond acceptors (Lipinski definition) is 4. The Bertz CT molecular complexity index is 1160. The highest BCUT2D eigenvalue weighted by molar-refractivity contribution is 6.00. The van der Waals surface area contributed by atoms with Gasteiger partial charge in [-0.25, -0.2) is 9.79 Å². The van der Waals surface area contributed by atoms with Crippen molar-refractivity contribution >= 4 is 40.3 Å². The van der Waals surface area contributed by atoms with E-state index in [0.717, 1.165) is 16.3 Å². The quantitative estimate of drug-likeness (QED) is 0.165. The van der Waals surface area contributed by atoms with Gasteiger partial charge in [-0.1, -0.05) is 37.3 Å². The third kappa shape index (κ3) is 5.02. The van der Waals surface area contributed by atoms with Crippen LogP contribution in [-0.2, 0) is 4.79 Å². The van der Waals surface area contributed by atoms with Gasteiger partial charge >= 0.3 is 5.97 Å². The molecule has 0 heterocycles. The Morgan fingerprint density at radius 2 is 1.67 bits per heavy atom. The fraction of sp³-hybridized carbons (Fsp3) is 0.0870. The Morgan fingerprint density at radius 1 is 1.00 bits per heavy atom. The second-order valence-corrected chi connectivity index (χ2v) is 6.68. The number of amidine groups is 1. The Balaban J connectivity index is 1.79. The summed E-state index contributed by atoms with van der Waals surface area (Å²) in [7, 11) is 0. The number of guanidine groups is 1. The van der Waals surface area contributed by atoms with E-state index in [4.69, 9.17) is 27.3 Å². The van der Waals surface area contributed by atoms with Gasteiger partial charge in [0.05, 0.1) is 5.69 Å². The van der Waals surface area contributed by atoms with Crippen LogP contribution in [0.4, 0.5) is 5.69 Å². The lowest BCUT2D eigenvalue weighted by atomic mass is 10.1. The molecule has 0 spiro atoms. The zero-order valence-electron chi connectivity index (χ0n) is 16.6.